The van der Waals surface area contributed by atoms with E-state index in [9.17, 15) is 5.11 Å². The molecule has 1 saturated heterocycles. The van der Waals surface area contributed by atoms with Gasteiger partial charge in [-0.25, -0.2) is 0 Å². The van der Waals surface area contributed by atoms with Crippen LogP contribution in [0.3, 0.4) is 0 Å². The standard InChI is InChI=1S/C16H33NO3/c1-5-16-14(6-7-19-16)9-17-10-15(18)11-20-13(4)8-12(2)3/h12-18H,5-11H2,1-4H3. The number of aliphatic hydroxyl groups excluding tert-OH is 1. The zero-order valence-electron chi connectivity index (χ0n) is 13.6. The van der Waals surface area contributed by atoms with Crippen LogP contribution >= 0.6 is 0 Å². The van der Waals surface area contributed by atoms with Crippen LogP contribution in [-0.2, 0) is 9.47 Å². The van der Waals surface area contributed by atoms with E-state index >= 15 is 0 Å². The average Bonchev–Trinajstić information content (AvgIpc) is 2.83. The molecule has 1 aliphatic heterocycles. The Bertz CT molecular complexity index is 248. The number of nitrogens with one attached hydrogen (secondary N) is 1. The van der Waals surface area contributed by atoms with E-state index < -0.39 is 6.10 Å². The summed E-state index contributed by atoms with van der Waals surface area (Å²) in [4.78, 5) is 0. The topological polar surface area (TPSA) is 50.7 Å². The quantitative estimate of drug-likeness (QED) is 0.647. The van der Waals surface area contributed by atoms with Crippen molar-refractivity contribution in [3.63, 3.8) is 0 Å². The highest BCUT2D eigenvalue weighted by molar-refractivity contribution is 4.77. The molecule has 0 aromatic carbocycles. The first kappa shape index (κ1) is 17.9. The molecular weight excluding hydrogens is 254 g/mol. The van der Waals surface area contributed by atoms with Gasteiger partial charge in [-0.1, -0.05) is 20.8 Å². The fourth-order valence-electron chi connectivity index (χ4n) is 2.88. The number of ether oxygens (including phenoxy) is 2. The van der Waals surface area contributed by atoms with Crippen LogP contribution in [0.5, 0.6) is 0 Å². The molecule has 0 aromatic heterocycles. The Kier molecular flexibility index (Phi) is 8.69. The van der Waals surface area contributed by atoms with Crippen LogP contribution in [0.4, 0.5) is 0 Å². The fourth-order valence-corrected chi connectivity index (χ4v) is 2.88. The van der Waals surface area contributed by atoms with Crippen LogP contribution < -0.4 is 5.32 Å². The molecule has 4 atom stereocenters. The Morgan fingerprint density at radius 1 is 1.35 bits per heavy atom. The number of aliphatic hydroxyl groups is 1. The van der Waals surface area contributed by atoms with E-state index in [1.54, 1.807) is 0 Å². The number of rotatable bonds is 10. The predicted octanol–water partition coefficient (Wildman–Crippen LogP) is 2.20. The summed E-state index contributed by atoms with van der Waals surface area (Å²) in [5.74, 6) is 1.22. The Hall–Kier alpha value is -0.160. The molecule has 0 bridgehead atoms. The molecule has 1 heterocycles. The van der Waals surface area contributed by atoms with Crippen molar-refractivity contribution in [2.75, 3.05) is 26.3 Å². The first-order chi connectivity index (χ1) is 9.52. The van der Waals surface area contributed by atoms with Crippen molar-refractivity contribution in [1.29, 1.82) is 0 Å². The summed E-state index contributed by atoms with van der Waals surface area (Å²) in [6.45, 7) is 11.4. The molecule has 0 aliphatic carbocycles. The third-order valence-electron chi connectivity index (χ3n) is 3.91. The van der Waals surface area contributed by atoms with Gasteiger partial charge in [0.2, 0.25) is 0 Å². The zero-order valence-corrected chi connectivity index (χ0v) is 13.6. The van der Waals surface area contributed by atoms with Crippen molar-refractivity contribution in [1.82, 2.24) is 5.32 Å². The highest BCUT2D eigenvalue weighted by Crippen LogP contribution is 2.22. The lowest BCUT2D eigenvalue weighted by Gasteiger charge is -2.20. The van der Waals surface area contributed by atoms with Crippen LogP contribution in [0.15, 0.2) is 0 Å². The molecule has 4 nitrogen and oxygen atoms in total. The lowest BCUT2D eigenvalue weighted by molar-refractivity contribution is -0.00898. The van der Waals surface area contributed by atoms with E-state index in [-0.39, 0.29) is 6.10 Å². The third-order valence-corrected chi connectivity index (χ3v) is 3.91. The van der Waals surface area contributed by atoms with Crippen LogP contribution in [0.25, 0.3) is 0 Å². The second-order valence-corrected chi connectivity index (χ2v) is 6.45. The van der Waals surface area contributed by atoms with Gasteiger partial charge >= 0.3 is 0 Å². The molecule has 0 amide bonds. The summed E-state index contributed by atoms with van der Waals surface area (Å²) in [5.41, 5.74) is 0. The summed E-state index contributed by atoms with van der Waals surface area (Å²) in [5, 5.41) is 13.3. The van der Waals surface area contributed by atoms with Crippen molar-refractivity contribution in [3.8, 4) is 0 Å². The molecule has 1 aliphatic rings. The minimum Gasteiger partial charge on any atom is -0.389 e. The average molecular weight is 287 g/mol. The largest absolute Gasteiger partial charge is 0.389 e. The Balaban J connectivity index is 2.06. The predicted molar refractivity (Wildman–Crippen MR) is 81.9 cm³/mol. The van der Waals surface area contributed by atoms with E-state index in [1.165, 1.54) is 0 Å². The maximum Gasteiger partial charge on any atom is 0.0897 e. The zero-order chi connectivity index (χ0) is 15.0. The van der Waals surface area contributed by atoms with Gasteiger partial charge in [-0.3, -0.25) is 0 Å². The van der Waals surface area contributed by atoms with Crippen molar-refractivity contribution < 1.29 is 14.6 Å². The smallest absolute Gasteiger partial charge is 0.0897 e. The van der Waals surface area contributed by atoms with Crippen LogP contribution in [0.1, 0.15) is 47.0 Å². The molecule has 1 rings (SSSR count). The first-order valence-corrected chi connectivity index (χ1v) is 8.14. The van der Waals surface area contributed by atoms with Gasteiger partial charge in [0, 0.05) is 19.7 Å². The van der Waals surface area contributed by atoms with E-state index in [1.807, 2.05) is 0 Å². The highest BCUT2D eigenvalue weighted by atomic mass is 16.5. The molecule has 120 valence electrons. The summed E-state index contributed by atoms with van der Waals surface area (Å²) in [7, 11) is 0. The summed E-state index contributed by atoms with van der Waals surface area (Å²) in [6, 6.07) is 0. The van der Waals surface area contributed by atoms with E-state index in [0.29, 0.717) is 31.1 Å². The molecule has 1 fully saturated rings. The summed E-state index contributed by atoms with van der Waals surface area (Å²) in [6.07, 6.45) is 3.43. The number of hydrogen-bond acceptors (Lipinski definition) is 4. The normalized spacial score (nSPS) is 26.1. The number of hydrogen-bond donors (Lipinski definition) is 2. The lowest BCUT2D eigenvalue weighted by atomic mass is 10.00. The summed E-state index contributed by atoms with van der Waals surface area (Å²) >= 11 is 0. The van der Waals surface area contributed by atoms with Crippen molar-refractivity contribution in [2.45, 2.75) is 65.3 Å². The highest BCUT2D eigenvalue weighted by Gasteiger charge is 2.26. The molecule has 2 N–H and O–H groups in total. The van der Waals surface area contributed by atoms with E-state index in [2.05, 4.69) is 33.0 Å². The summed E-state index contributed by atoms with van der Waals surface area (Å²) < 4.78 is 11.3. The monoisotopic (exact) mass is 287 g/mol. The third kappa shape index (κ3) is 7.02. The second kappa shape index (κ2) is 9.72. The molecule has 0 spiro atoms. The van der Waals surface area contributed by atoms with Gasteiger partial charge in [-0.15, -0.1) is 0 Å². The molecule has 4 heteroatoms. The molecule has 0 saturated carbocycles. The van der Waals surface area contributed by atoms with Gasteiger partial charge in [0.15, 0.2) is 0 Å². The first-order valence-electron chi connectivity index (χ1n) is 8.14. The molecule has 20 heavy (non-hydrogen) atoms. The van der Waals surface area contributed by atoms with Gasteiger partial charge in [0.25, 0.3) is 0 Å². The van der Waals surface area contributed by atoms with Gasteiger partial charge in [0.1, 0.15) is 0 Å². The maximum absolute atomic E-state index is 9.91. The van der Waals surface area contributed by atoms with Gasteiger partial charge in [0.05, 0.1) is 24.9 Å². The minimum atomic E-state index is -0.424. The van der Waals surface area contributed by atoms with Crippen LogP contribution in [0, 0.1) is 11.8 Å². The van der Waals surface area contributed by atoms with Crippen LogP contribution in [0.2, 0.25) is 0 Å². The molecular formula is C16H33NO3. The SMILES string of the molecule is CCC1OCCC1CNCC(O)COC(C)CC(C)C. The second-order valence-electron chi connectivity index (χ2n) is 6.45. The maximum atomic E-state index is 9.91. The van der Waals surface area contributed by atoms with Crippen molar-refractivity contribution >= 4 is 0 Å². The van der Waals surface area contributed by atoms with Gasteiger partial charge in [-0.05, 0) is 38.0 Å². The van der Waals surface area contributed by atoms with Crippen LogP contribution in [-0.4, -0.2) is 49.7 Å². The molecule has 0 radical (unpaired) electrons. The van der Waals surface area contributed by atoms with Crippen molar-refractivity contribution in [3.05, 3.63) is 0 Å². The molecule has 0 aromatic rings. The van der Waals surface area contributed by atoms with Crippen molar-refractivity contribution in [2.24, 2.45) is 11.8 Å². The minimum absolute atomic E-state index is 0.220. The Morgan fingerprint density at radius 3 is 2.75 bits per heavy atom. The van der Waals surface area contributed by atoms with E-state index in [4.69, 9.17) is 9.47 Å². The molecule has 4 unspecified atom stereocenters. The van der Waals surface area contributed by atoms with Gasteiger partial charge in [-0.2, -0.15) is 0 Å². The van der Waals surface area contributed by atoms with Gasteiger partial charge < -0.3 is 19.9 Å². The lowest BCUT2D eigenvalue weighted by Crippen LogP contribution is -2.36. The Labute approximate surface area is 124 Å². The Morgan fingerprint density at radius 2 is 2.10 bits per heavy atom. The fraction of sp³-hybridized carbons (Fsp3) is 1.00. The van der Waals surface area contributed by atoms with E-state index in [0.717, 1.165) is 32.4 Å².